The molecule has 0 saturated carbocycles. The maximum atomic E-state index is 11.9. The van der Waals surface area contributed by atoms with Crippen LogP contribution in [-0.4, -0.2) is 38.5 Å². The molecule has 7 nitrogen and oxygen atoms in total. The van der Waals surface area contributed by atoms with Crippen LogP contribution in [0.15, 0.2) is 16.3 Å². The molecular weight excluding hydrogens is 292 g/mol. The lowest BCUT2D eigenvalue weighted by molar-refractivity contribution is -0.136. The number of carboxylic acids is 1. The summed E-state index contributed by atoms with van der Waals surface area (Å²) < 4.78 is 26.1. The number of thiophene rings is 1. The monoisotopic (exact) mass is 306 g/mol. The second-order valence-electron chi connectivity index (χ2n) is 3.75. The Balaban J connectivity index is 2.86. The molecule has 0 aliphatic carbocycles. The molecule has 1 amide bonds. The van der Waals surface area contributed by atoms with E-state index in [0.717, 1.165) is 11.3 Å². The Morgan fingerprint density at radius 3 is 2.58 bits per heavy atom. The first-order chi connectivity index (χ1) is 8.76. The molecule has 19 heavy (non-hydrogen) atoms. The van der Waals surface area contributed by atoms with Gasteiger partial charge in [0.15, 0.2) is 0 Å². The van der Waals surface area contributed by atoms with Crippen molar-refractivity contribution in [3.05, 3.63) is 17.0 Å². The number of carbonyl (C=O) groups excluding carboxylic acids is 1. The largest absolute Gasteiger partial charge is 0.481 e. The summed E-state index contributed by atoms with van der Waals surface area (Å²) in [6.07, 6.45) is -0.231. The highest BCUT2D eigenvalue weighted by Gasteiger charge is 2.23. The number of hydrogen-bond donors (Lipinski definition) is 3. The third-order valence-electron chi connectivity index (χ3n) is 2.20. The van der Waals surface area contributed by atoms with E-state index in [1.807, 2.05) is 0 Å². The fraction of sp³-hybridized carbons (Fsp3) is 0.400. The van der Waals surface area contributed by atoms with Gasteiger partial charge in [0.25, 0.3) is 10.0 Å². The molecular formula is C10H14N2O5S2. The van der Waals surface area contributed by atoms with Gasteiger partial charge in [-0.05, 0) is 19.1 Å². The summed E-state index contributed by atoms with van der Waals surface area (Å²) in [4.78, 5) is 22.2. The van der Waals surface area contributed by atoms with E-state index in [9.17, 15) is 18.0 Å². The van der Waals surface area contributed by atoms with Crippen molar-refractivity contribution in [3.63, 3.8) is 0 Å². The normalized spacial score (nSPS) is 12.9. The van der Waals surface area contributed by atoms with Crippen molar-refractivity contribution >= 4 is 33.2 Å². The number of likely N-dealkylation sites (N-methyl/N-ethyl adjacent to an activating group) is 1. The maximum Gasteiger partial charge on any atom is 0.308 e. The number of aliphatic carboxylic acids is 1. The predicted molar refractivity (Wildman–Crippen MR) is 69.5 cm³/mol. The molecule has 3 N–H and O–H groups in total. The molecule has 0 fully saturated rings. The lowest BCUT2D eigenvalue weighted by atomic mass is 10.3. The van der Waals surface area contributed by atoms with E-state index in [1.165, 1.54) is 26.1 Å². The summed E-state index contributed by atoms with van der Waals surface area (Å²) >= 11 is 0.866. The smallest absolute Gasteiger partial charge is 0.308 e. The average molecular weight is 306 g/mol. The molecule has 1 aromatic rings. The summed E-state index contributed by atoms with van der Waals surface area (Å²) in [5.41, 5.74) is 0. The highest BCUT2D eigenvalue weighted by molar-refractivity contribution is 7.91. The summed E-state index contributed by atoms with van der Waals surface area (Å²) in [6, 6.07) is 1.86. The molecule has 0 bridgehead atoms. The van der Waals surface area contributed by atoms with Gasteiger partial charge in [0.2, 0.25) is 5.91 Å². The van der Waals surface area contributed by atoms with E-state index >= 15 is 0 Å². The number of hydrogen-bond acceptors (Lipinski definition) is 5. The molecule has 1 aromatic heterocycles. The first-order valence-corrected chi connectivity index (χ1v) is 7.60. The number of carboxylic acid groups (broad SMARTS) is 1. The van der Waals surface area contributed by atoms with Gasteiger partial charge < -0.3 is 10.4 Å². The van der Waals surface area contributed by atoms with Crippen LogP contribution in [0.4, 0.5) is 0 Å². The van der Waals surface area contributed by atoms with E-state index in [1.54, 1.807) is 0 Å². The standard InChI is InChI=1S/C10H14N2O5S2/c1-6(10(15)11-2)12-19(16,17)9-4-3-7(18-9)5-8(13)14/h3-4,6,12H,5H2,1-2H3,(H,11,15)(H,13,14). The fourth-order valence-electron chi connectivity index (χ4n) is 1.31. The van der Waals surface area contributed by atoms with Crippen molar-refractivity contribution in [2.75, 3.05) is 7.05 Å². The van der Waals surface area contributed by atoms with Crippen molar-refractivity contribution in [1.82, 2.24) is 10.0 Å². The third-order valence-corrected chi connectivity index (χ3v) is 5.32. The van der Waals surface area contributed by atoms with Crippen LogP contribution in [0.3, 0.4) is 0 Å². The lowest BCUT2D eigenvalue weighted by Gasteiger charge is -2.11. The van der Waals surface area contributed by atoms with Gasteiger partial charge in [-0.1, -0.05) is 0 Å². The SMILES string of the molecule is CNC(=O)C(C)NS(=O)(=O)c1ccc(CC(=O)O)s1. The van der Waals surface area contributed by atoms with Gasteiger partial charge in [-0.25, -0.2) is 8.42 Å². The van der Waals surface area contributed by atoms with Crippen LogP contribution in [0, 0.1) is 0 Å². The van der Waals surface area contributed by atoms with Crippen molar-refractivity contribution in [2.24, 2.45) is 0 Å². The van der Waals surface area contributed by atoms with Crippen molar-refractivity contribution in [2.45, 2.75) is 23.6 Å². The average Bonchev–Trinajstić information content (AvgIpc) is 2.75. The molecule has 0 spiro atoms. The summed E-state index contributed by atoms with van der Waals surface area (Å²) in [5.74, 6) is -1.48. The zero-order valence-electron chi connectivity index (χ0n) is 10.3. The minimum Gasteiger partial charge on any atom is -0.481 e. The topological polar surface area (TPSA) is 113 Å². The number of amides is 1. The second kappa shape index (κ2) is 6.13. The number of carbonyl (C=O) groups is 2. The molecule has 1 rings (SSSR count). The number of rotatable bonds is 6. The Hall–Kier alpha value is -1.45. The summed E-state index contributed by atoms with van der Waals surface area (Å²) in [7, 11) is -2.41. The van der Waals surface area contributed by atoms with E-state index in [2.05, 4.69) is 10.0 Å². The Morgan fingerprint density at radius 2 is 2.05 bits per heavy atom. The maximum absolute atomic E-state index is 11.9. The van der Waals surface area contributed by atoms with E-state index in [4.69, 9.17) is 5.11 Å². The first-order valence-electron chi connectivity index (χ1n) is 5.30. The molecule has 9 heteroatoms. The highest BCUT2D eigenvalue weighted by atomic mass is 32.2. The van der Waals surface area contributed by atoms with Gasteiger partial charge >= 0.3 is 5.97 Å². The minimum atomic E-state index is -3.81. The lowest BCUT2D eigenvalue weighted by Crippen LogP contribution is -2.43. The van der Waals surface area contributed by atoms with Crippen LogP contribution in [0.5, 0.6) is 0 Å². The molecule has 0 radical (unpaired) electrons. The Bertz CT molecular complexity index is 578. The predicted octanol–water partition coefficient (Wildman–Crippen LogP) is -0.212. The van der Waals surface area contributed by atoms with E-state index < -0.39 is 27.9 Å². The van der Waals surface area contributed by atoms with Gasteiger partial charge in [-0.15, -0.1) is 11.3 Å². The Kier molecular flexibility index (Phi) is 5.04. The molecule has 1 atom stereocenters. The van der Waals surface area contributed by atoms with Gasteiger partial charge in [0, 0.05) is 11.9 Å². The molecule has 0 aliphatic heterocycles. The zero-order chi connectivity index (χ0) is 14.6. The van der Waals surface area contributed by atoms with Crippen LogP contribution in [0.2, 0.25) is 0 Å². The summed E-state index contributed by atoms with van der Waals surface area (Å²) in [6.45, 7) is 1.42. The molecule has 1 heterocycles. The van der Waals surface area contributed by atoms with Crippen molar-refractivity contribution < 1.29 is 23.1 Å². The van der Waals surface area contributed by atoms with Crippen LogP contribution < -0.4 is 10.0 Å². The second-order valence-corrected chi connectivity index (χ2v) is 6.86. The molecule has 0 aliphatic rings. The van der Waals surface area contributed by atoms with Crippen LogP contribution in [0.25, 0.3) is 0 Å². The van der Waals surface area contributed by atoms with Gasteiger partial charge in [-0.3, -0.25) is 9.59 Å². The van der Waals surface area contributed by atoms with Gasteiger partial charge in [-0.2, -0.15) is 4.72 Å². The Labute approximate surface area is 114 Å². The van der Waals surface area contributed by atoms with Crippen molar-refractivity contribution in [3.8, 4) is 0 Å². The first kappa shape index (κ1) is 15.6. The van der Waals surface area contributed by atoms with Gasteiger partial charge in [0.1, 0.15) is 4.21 Å². The van der Waals surface area contributed by atoms with E-state index in [-0.39, 0.29) is 10.6 Å². The summed E-state index contributed by atoms with van der Waals surface area (Å²) in [5, 5.41) is 10.9. The third kappa shape index (κ3) is 4.30. The zero-order valence-corrected chi connectivity index (χ0v) is 12.0. The molecule has 0 saturated heterocycles. The van der Waals surface area contributed by atoms with Crippen LogP contribution >= 0.6 is 11.3 Å². The fourth-order valence-corrected chi connectivity index (χ4v) is 3.87. The number of sulfonamides is 1. The quantitative estimate of drug-likeness (QED) is 0.673. The Morgan fingerprint density at radius 1 is 1.42 bits per heavy atom. The van der Waals surface area contributed by atoms with Crippen molar-refractivity contribution in [1.29, 1.82) is 0 Å². The van der Waals surface area contributed by atoms with Crippen LogP contribution in [0.1, 0.15) is 11.8 Å². The molecule has 106 valence electrons. The molecule has 0 aromatic carbocycles. The minimum absolute atomic E-state index is 0.0143. The van der Waals surface area contributed by atoms with E-state index in [0.29, 0.717) is 4.88 Å². The molecule has 1 unspecified atom stereocenters. The van der Waals surface area contributed by atoms with Gasteiger partial charge in [0.05, 0.1) is 12.5 Å². The number of nitrogens with one attached hydrogen (secondary N) is 2. The van der Waals surface area contributed by atoms with Crippen LogP contribution in [-0.2, 0) is 26.0 Å². The highest BCUT2D eigenvalue weighted by Crippen LogP contribution is 2.22.